The lowest BCUT2D eigenvalue weighted by molar-refractivity contribution is 0.259. The molecule has 1 aliphatic rings. The molecule has 3 rings (SSSR count). The Morgan fingerprint density at radius 2 is 1.87 bits per heavy atom. The minimum Gasteiger partial charge on any atom is -0.307 e. The molecule has 23 heavy (non-hydrogen) atoms. The van der Waals surface area contributed by atoms with Crippen molar-refractivity contribution in [2.24, 2.45) is 4.99 Å². The predicted molar refractivity (Wildman–Crippen MR) is 95.4 cm³/mol. The second-order valence-corrected chi connectivity index (χ2v) is 5.80. The van der Waals surface area contributed by atoms with E-state index in [1.807, 2.05) is 48.5 Å². The standard InChI is InChI=1S/C19H21N3O/c1-14-10-11-17(13-15(14)2)22(18-9-6-12-20-18)19(23)21-16-7-4-3-5-8-16/h3-5,7-8,10-11,13H,6,9,12H2,1-2H3,(H,21,23). The minimum atomic E-state index is -0.167. The summed E-state index contributed by atoms with van der Waals surface area (Å²) in [6, 6.07) is 15.4. The van der Waals surface area contributed by atoms with Gasteiger partial charge in [0, 0.05) is 18.7 Å². The van der Waals surface area contributed by atoms with E-state index in [-0.39, 0.29) is 6.03 Å². The number of anilines is 2. The van der Waals surface area contributed by atoms with E-state index >= 15 is 0 Å². The smallest absolute Gasteiger partial charge is 0.307 e. The third kappa shape index (κ3) is 3.42. The molecule has 0 atom stereocenters. The molecule has 0 radical (unpaired) electrons. The lowest BCUT2D eigenvalue weighted by Gasteiger charge is -2.24. The van der Waals surface area contributed by atoms with Crippen molar-refractivity contribution in [3.8, 4) is 0 Å². The number of amides is 2. The zero-order valence-corrected chi connectivity index (χ0v) is 13.5. The van der Waals surface area contributed by atoms with Gasteiger partial charge in [0.25, 0.3) is 0 Å². The van der Waals surface area contributed by atoms with Gasteiger partial charge in [-0.05, 0) is 55.7 Å². The molecule has 118 valence electrons. The number of amidine groups is 1. The van der Waals surface area contributed by atoms with Crippen LogP contribution in [-0.2, 0) is 0 Å². The summed E-state index contributed by atoms with van der Waals surface area (Å²) >= 11 is 0. The number of carbonyl (C=O) groups excluding carboxylic acids is 1. The van der Waals surface area contributed by atoms with E-state index in [9.17, 15) is 4.79 Å². The number of aryl methyl sites for hydroxylation is 2. The lowest BCUT2D eigenvalue weighted by Crippen LogP contribution is -2.39. The summed E-state index contributed by atoms with van der Waals surface area (Å²) in [5.74, 6) is 0.835. The fraction of sp³-hybridized carbons (Fsp3) is 0.263. The van der Waals surface area contributed by atoms with E-state index in [1.54, 1.807) is 4.90 Å². The second-order valence-electron chi connectivity index (χ2n) is 5.80. The van der Waals surface area contributed by atoms with E-state index in [2.05, 4.69) is 24.2 Å². The normalized spacial score (nSPS) is 13.6. The summed E-state index contributed by atoms with van der Waals surface area (Å²) in [7, 11) is 0. The molecule has 1 aliphatic heterocycles. The third-order valence-corrected chi connectivity index (χ3v) is 4.09. The Morgan fingerprint density at radius 1 is 1.09 bits per heavy atom. The number of aliphatic imine (C=N–C) groups is 1. The number of nitrogens with one attached hydrogen (secondary N) is 1. The Balaban J connectivity index is 1.92. The zero-order valence-electron chi connectivity index (χ0n) is 13.5. The maximum atomic E-state index is 12.8. The van der Waals surface area contributed by atoms with Crippen LogP contribution in [0.2, 0.25) is 0 Å². The van der Waals surface area contributed by atoms with Gasteiger partial charge >= 0.3 is 6.03 Å². The molecule has 0 unspecified atom stereocenters. The first-order valence-corrected chi connectivity index (χ1v) is 7.92. The Labute approximate surface area is 136 Å². The molecule has 4 nitrogen and oxygen atoms in total. The molecule has 4 heteroatoms. The number of benzene rings is 2. The zero-order chi connectivity index (χ0) is 16.2. The van der Waals surface area contributed by atoms with Crippen LogP contribution in [0.25, 0.3) is 0 Å². The lowest BCUT2D eigenvalue weighted by atomic mass is 10.1. The Kier molecular flexibility index (Phi) is 4.42. The van der Waals surface area contributed by atoms with Crippen LogP contribution < -0.4 is 10.2 Å². The van der Waals surface area contributed by atoms with Crippen LogP contribution in [0.4, 0.5) is 16.2 Å². The van der Waals surface area contributed by atoms with E-state index in [0.29, 0.717) is 0 Å². The van der Waals surface area contributed by atoms with Crippen LogP contribution in [-0.4, -0.2) is 18.4 Å². The topological polar surface area (TPSA) is 44.7 Å². The van der Waals surface area contributed by atoms with E-state index < -0.39 is 0 Å². The van der Waals surface area contributed by atoms with Gasteiger partial charge in [-0.15, -0.1) is 0 Å². The molecular weight excluding hydrogens is 286 g/mol. The molecule has 2 amide bonds. The Morgan fingerprint density at radius 3 is 2.52 bits per heavy atom. The molecule has 2 aromatic rings. The predicted octanol–water partition coefficient (Wildman–Crippen LogP) is 4.53. The molecule has 0 fully saturated rings. The summed E-state index contributed by atoms with van der Waals surface area (Å²) in [6.07, 6.45) is 1.82. The Bertz CT molecular complexity index is 738. The fourth-order valence-electron chi connectivity index (χ4n) is 2.66. The van der Waals surface area contributed by atoms with Crippen LogP contribution in [0.3, 0.4) is 0 Å². The molecule has 0 spiro atoms. The monoisotopic (exact) mass is 307 g/mol. The molecule has 1 N–H and O–H groups in total. The molecule has 1 heterocycles. The van der Waals surface area contributed by atoms with Gasteiger partial charge in [0.1, 0.15) is 5.84 Å². The number of nitrogens with zero attached hydrogens (tertiary/aromatic N) is 2. The SMILES string of the molecule is Cc1ccc(N(C(=O)Nc2ccccc2)C2=NCCC2)cc1C. The number of hydrogen-bond acceptors (Lipinski definition) is 2. The molecule has 2 aromatic carbocycles. The van der Waals surface area contributed by atoms with Gasteiger partial charge in [-0.1, -0.05) is 24.3 Å². The van der Waals surface area contributed by atoms with Gasteiger partial charge in [-0.25, -0.2) is 4.79 Å². The van der Waals surface area contributed by atoms with Gasteiger partial charge in [0.15, 0.2) is 0 Å². The van der Waals surface area contributed by atoms with E-state index in [1.165, 1.54) is 11.1 Å². The highest BCUT2D eigenvalue weighted by molar-refractivity contribution is 6.20. The number of hydrogen-bond donors (Lipinski definition) is 1. The van der Waals surface area contributed by atoms with Crippen molar-refractivity contribution in [3.63, 3.8) is 0 Å². The summed E-state index contributed by atoms with van der Waals surface area (Å²) in [4.78, 5) is 19.0. The van der Waals surface area contributed by atoms with Gasteiger partial charge in [-0.3, -0.25) is 9.89 Å². The summed E-state index contributed by atoms with van der Waals surface area (Å²) in [5, 5.41) is 2.96. The van der Waals surface area contributed by atoms with Crippen LogP contribution in [0.5, 0.6) is 0 Å². The highest BCUT2D eigenvalue weighted by atomic mass is 16.2. The fourth-order valence-corrected chi connectivity index (χ4v) is 2.66. The van der Waals surface area contributed by atoms with Crippen LogP contribution >= 0.6 is 0 Å². The quantitative estimate of drug-likeness (QED) is 0.870. The first-order valence-electron chi connectivity index (χ1n) is 7.92. The Hall–Kier alpha value is -2.62. The molecular formula is C19H21N3O. The van der Waals surface area contributed by atoms with Crippen molar-refractivity contribution in [2.45, 2.75) is 26.7 Å². The molecule has 0 saturated heterocycles. The largest absolute Gasteiger partial charge is 0.331 e. The maximum absolute atomic E-state index is 12.8. The molecule has 0 aliphatic carbocycles. The molecule has 0 saturated carbocycles. The van der Waals surface area contributed by atoms with Crippen LogP contribution in [0.1, 0.15) is 24.0 Å². The van der Waals surface area contributed by atoms with E-state index in [4.69, 9.17) is 0 Å². The third-order valence-electron chi connectivity index (χ3n) is 4.09. The van der Waals surface area contributed by atoms with Gasteiger partial charge in [0.05, 0.1) is 5.69 Å². The molecule has 0 bridgehead atoms. The van der Waals surface area contributed by atoms with Gasteiger partial charge in [0.2, 0.25) is 0 Å². The average molecular weight is 307 g/mol. The van der Waals surface area contributed by atoms with Crippen molar-refractivity contribution in [1.29, 1.82) is 0 Å². The van der Waals surface area contributed by atoms with Crippen molar-refractivity contribution in [2.75, 3.05) is 16.8 Å². The average Bonchev–Trinajstić information content (AvgIpc) is 3.06. The number of para-hydroxylation sites is 1. The van der Waals surface area contributed by atoms with Crippen molar-refractivity contribution < 1.29 is 4.79 Å². The van der Waals surface area contributed by atoms with E-state index in [0.717, 1.165) is 36.6 Å². The first-order chi connectivity index (χ1) is 11.1. The second kappa shape index (κ2) is 6.65. The summed E-state index contributed by atoms with van der Waals surface area (Å²) in [5.41, 5.74) is 4.02. The van der Waals surface area contributed by atoms with Crippen molar-refractivity contribution in [1.82, 2.24) is 0 Å². The summed E-state index contributed by atoms with van der Waals surface area (Å²) in [6.45, 7) is 4.92. The first kappa shape index (κ1) is 15.3. The minimum absolute atomic E-state index is 0.167. The van der Waals surface area contributed by atoms with Crippen LogP contribution in [0, 0.1) is 13.8 Å². The maximum Gasteiger partial charge on any atom is 0.331 e. The number of carbonyl (C=O) groups is 1. The summed E-state index contributed by atoms with van der Waals surface area (Å²) < 4.78 is 0. The highest BCUT2D eigenvalue weighted by Gasteiger charge is 2.24. The van der Waals surface area contributed by atoms with Crippen molar-refractivity contribution in [3.05, 3.63) is 59.7 Å². The van der Waals surface area contributed by atoms with Crippen molar-refractivity contribution >= 4 is 23.2 Å². The van der Waals surface area contributed by atoms with Crippen LogP contribution in [0.15, 0.2) is 53.5 Å². The van der Waals surface area contributed by atoms with Gasteiger partial charge < -0.3 is 5.32 Å². The number of urea groups is 1. The number of rotatable bonds is 2. The highest BCUT2D eigenvalue weighted by Crippen LogP contribution is 2.23. The molecule has 0 aromatic heterocycles. The van der Waals surface area contributed by atoms with Gasteiger partial charge in [-0.2, -0.15) is 0 Å².